The molecule has 5 heteroatoms. The van der Waals surface area contributed by atoms with Gasteiger partial charge in [-0.25, -0.2) is 4.98 Å². The van der Waals surface area contributed by atoms with E-state index in [4.69, 9.17) is 9.72 Å². The molecule has 28 heavy (non-hydrogen) atoms. The van der Waals surface area contributed by atoms with Crippen LogP contribution in [0, 0.1) is 0 Å². The average molecular weight is 370 g/mol. The van der Waals surface area contributed by atoms with E-state index >= 15 is 0 Å². The van der Waals surface area contributed by atoms with E-state index in [2.05, 4.69) is 27.8 Å². The summed E-state index contributed by atoms with van der Waals surface area (Å²) < 4.78 is 5.21. The minimum absolute atomic E-state index is 0.602. The van der Waals surface area contributed by atoms with Crippen molar-refractivity contribution in [3.8, 4) is 5.75 Å². The summed E-state index contributed by atoms with van der Waals surface area (Å²) in [7, 11) is 1.67. The number of ether oxygens (including phenoxy) is 1. The molecule has 0 radical (unpaired) electrons. The van der Waals surface area contributed by atoms with Gasteiger partial charge in [-0.2, -0.15) is 4.98 Å². The number of para-hydroxylation sites is 1. The van der Waals surface area contributed by atoms with E-state index in [1.54, 1.807) is 7.11 Å². The average Bonchev–Trinajstić information content (AvgIpc) is 2.77. The number of benzene rings is 3. The number of hydrogen-bond donors (Lipinski definition) is 2. The van der Waals surface area contributed by atoms with Crippen LogP contribution in [0.2, 0.25) is 0 Å². The highest BCUT2D eigenvalue weighted by Crippen LogP contribution is 2.23. The Morgan fingerprint density at radius 1 is 0.714 bits per heavy atom. The predicted molar refractivity (Wildman–Crippen MR) is 114 cm³/mol. The largest absolute Gasteiger partial charge is 0.497 e. The van der Waals surface area contributed by atoms with Gasteiger partial charge in [0.25, 0.3) is 0 Å². The summed E-state index contributed by atoms with van der Waals surface area (Å²) in [5, 5.41) is 7.78. The van der Waals surface area contributed by atoms with Crippen LogP contribution in [0.5, 0.6) is 5.75 Å². The molecule has 0 aliphatic heterocycles. The van der Waals surface area contributed by atoms with Crippen LogP contribution in [0.25, 0.3) is 10.9 Å². The Bertz CT molecular complexity index is 1050. The molecule has 140 valence electrons. The highest BCUT2D eigenvalue weighted by Gasteiger charge is 2.07. The molecule has 5 nitrogen and oxygen atoms in total. The smallest absolute Gasteiger partial charge is 0.225 e. The summed E-state index contributed by atoms with van der Waals surface area (Å²) in [6.45, 7) is 1.35. The monoisotopic (exact) mass is 370 g/mol. The number of rotatable bonds is 7. The lowest BCUT2D eigenvalue weighted by Crippen LogP contribution is -2.08. The lowest BCUT2D eigenvalue weighted by Gasteiger charge is -2.12. The molecule has 0 unspecified atom stereocenters. The van der Waals surface area contributed by atoms with Gasteiger partial charge in [0.1, 0.15) is 11.6 Å². The third-order valence-corrected chi connectivity index (χ3v) is 4.52. The van der Waals surface area contributed by atoms with E-state index in [0.717, 1.165) is 28.0 Å². The number of hydrogen-bond acceptors (Lipinski definition) is 5. The van der Waals surface area contributed by atoms with Crippen LogP contribution < -0.4 is 15.4 Å². The first-order valence-corrected chi connectivity index (χ1v) is 9.23. The van der Waals surface area contributed by atoms with Crippen LogP contribution in [0.3, 0.4) is 0 Å². The number of aromatic nitrogens is 2. The quantitative estimate of drug-likeness (QED) is 0.486. The molecule has 0 saturated carbocycles. The van der Waals surface area contributed by atoms with Gasteiger partial charge < -0.3 is 15.4 Å². The second-order valence-corrected chi connectivity index (χ2v) is 6.45. The van der Waals surface area contributed by atoms with Crippen LogP contribution >= 0.6 is 0 Å². The Hall–Kier alpha value is -3.60. The van der Waals surface area contributed by atoms with Crippen molar-refractivity contribution in [3.05, 3.63) is 90.0 Å². The van der Waals surface area contributed by atoms with Crippen molar-refractivity contribution in [2.75, 3.05) is 17.7 Å². The Kier molecular flexibility index (Phi) is 5.33. The zero-order valence-electron chi connectivity index (χ0n) is 15.7. The minimum atomic E-state index is 0.602. The Morgan fingerprint density at radius 2 is 1.39 bits per heavy atom. The number of nitrogens with zero attached hydrogens (tertiary/aromatic N) is 2. The van der Waals surface area contributed by atoms with Gasteiger partial charge in [0.2, 0.25) is 5.95 Å². The summed E-state index contributed by atoms with van der Waals surface area (Å²) in [5.41, 5.74) is 3.25. The second-order valence-electron chi connectivity index (χ2n) is 6.45. The molecule has 0 amide bonds. The van der Waals surface area contributed by atoms with Crippen molar-refractivity contribution in [2.24, 2.45) is 0 Å². The van der Waals surface area contributed by atoms with Crippen LogP contribution in [0.15, 0.2) is 78.9 Å². The maximum Gasteiger partial charge on any atom is 0.225 e. The molecule has 0 atom stereocenters. The standard InChI is InChI=1S/C23H22N4O/c1-28-19-13-11-18(12-14-19)16-25-23-26-21-10-6-5-9-20(21)22(27-23)24-15-17-7-3-2-4-8-17/h2-14H,15-16H2,1H3,(H2,24,25,26,27). The first kappa shape index (κ1) is 17.8. The summed E-state index contributed by atoms with van der Waals surface area (Å²) >= 11 is 0. The maximum atomic E-state index is 5.21. The van der Waals surface area contributed by atoms with Gasteiger partial charge in [0.15, 0.2) is 0 Å². The van der Waals surface area contributed by atoms with Crippen molar-refractivity contribution in [2.45, 2.75) is 13.1 Å². The van der Waals surface area contributed by atoms with Crippen molar-refractivity contribution < 1.29 is 4.74 Å². The number of nitrogens with one attached hydrogen (secondary N) is 2. The van der Waals surface area contributed by atoms with Crippen LogP contribution in [-0.2, 0) is 13.1 Å². The minimum Gasteiger partial charge on any atom is -0.497 e. The van der Waals surface area contributed by atoms with E-state index in [9.17, 15) is 0 Å². The molecule has 0 spiro atoms. The molecular formula is C23H22N4O. The lowest BCUT2D eigenvalue weighted by atomic mass is 10.2. The van der Waals surface area contributed by atoms with Crippen LogP contribution in [0.1, 0.15) is 11.1 Å². The number of methoxy groups -OCH3 is 1. The van der Waals surface area contributed by atoms with Crippen molar-refractivity contribution in [3.63, 3.8) is 0 Å². The highest BCUT2D eigenvalue weighted by molar-refractivity contribution is 5.90. The molecule has 0 bridgehead atoms. The van der Waals surface area contributed by atoms with Gasteiger partial charge in [-0.1, -0.05) is 54.6 Å². The maximum absolute atomic E-state index is 5.21. The first-order chi connectivity index (χ1) is 13.8. The third kappa shape index (κ3) is 4.20. The zero-order valence-corrected chi connectivity index (χ0v) is 15.7. The normalized spacial score (nSPS) is 10.6. The van der Waals surface area contributed by atoms with Gasteiger partial charge >= 0.3 is 0 Å². The van der Waals surface area contributed by atoms with Crippen LogP contribution in [-0.4, -0.2) is 17.1 Å². The van der Waals surface area contributed by atoms with Crippen molar-refractivity contribution in [1.29, 1.82) is 0 Å². The molecule has 0 fully saturated rings. The zero-order chi connectivity index (χ0) is 19.2. The topological polar surface area (TPSA) is 59.1 Å². The molecular weight excluding hydrogens is 348 g/mol. The summed E-state index contributed by atoms with van der Waals surface area (Å²) in [6.07, 6.45) is 0. The molecule has 4 rings (SSSR count). The fraction of sp³-hybridized carbons (Fsp3) is 0.130. The first-order valence-electron chi connectivity index (χ1n) is 9.23. The summed E-state index contributed by atoms with van der Waals surface area (Å²) in [5.74, 6) is 2.27. The molecule has 1 aromatic heterocycles. The van der Waals surface area contributed by atoms with E-state index < -0.39 is 0 Å². The molecule has 1 heterocycles. The van der Waals surface area contributed by atoms with Gasteiger partial charge in [0, 0.05) is 18.5 Å². The fourth-order valence-electron chi connectivity index (χ4n) is 3.00. The highest BCUT2D eigenvalue weighted by atomic mass is 16.5. The van der Waals surface area contributed by atoms with E-state index in [1.165, 1.54) is 5.56 Å². The number of fused-ring (bicyclic) bond motifs is 1. The lowest BCUT2D eigenvalue weighted by molar-refractivity contribution is 0.414. The van der Waals surface area contributed by atoms with Crippen molar-refractivity contribution in [1.82, 2.24) is 9.97 Å². The third-order valence-electron chi connectivity index (χ3n) is 4.52. The van der Waals surface area contributed by atoms with Crippen molar-refractivity contribution >= 4 is 22.7 Å². The van der Waals surface area contributed by atoms with Gasteiger partial charge in [0.05, 0.1) is 12.6 Å². The predicted octanol–water partition coefficient (Wildman–Crippen LogP) is 4.86. The molecule has 4 aromatic rings. The molecule has 0 saturated heterocycles. The molecule has 2 N–H and O–H groups in total. The van der Waals surface area contributed by atoms with Crippen LogP contribution in [0.4, 0.5) is 11.8 Å². The SMILES string of the molecule is COc1ccc(CNc2nc(NCc3ccccc3)c3ccccc3n2)cc1. The molecule has 0 aliphatic rings. The Labute approximate surface area is 164 Å². The van der Waals surface area contributed by atoms with E-state index in [-0.39, 0.29) is 0 Å². The second kappa shape index (κ2) is 8.39. The van der Waals surface area contributed by atoms with E-state index in [1.807, 2.05) is 66.7 Å². The fourth-order valence-corrected chi connectivity index (χ4v) is 3.00. The number of anilines is 2. The van der Waals surface area contributed by atoms with Gasteiger partial charge in [-0.15, -0.1) is 0 Å². The Morgan fingerprint density at radius 3 is 2.18 bits per heavy atom. The summed E-state index contributed by atoms with van der Waals surface area (Å²) in [4.78, 5) is 9.36. The summed E-state index contributed by atoms with van der Waals surface area (Å²) in [6, 6.07) is 26.3. The Balaban J connectivity index is 1.54. The molecule has 3 aromatic carbocycles. The van der Waals surface area contributed by atoms with Gasteiger partial charge in [-0.3, -0.25) is 0 Å². The molecule has 0 aliphatic carbocycles. The van der Waals surface area contributed by atoms with Gasteiger partial charge in [-0.05, 0) is 35.4 Å². The van der Waals surface area contributed by atoms with E-state index in [0.29, 0.717) is 19.0 Å².